The van der Waals surface area contributed by atoms with Crippen molar-refractivity contribution in [2.45, 2.75) is 180 Å². The average molecular weight is 534 g/mol. The van der Waals surface area contributed by atoms with Crippen molar-refractivity contribution in [3.05, 3.63) is 12.2 Å². The van der Waals surface area contributed by atoms with E-state index in [9.17, 15) is 14.7 Å². The van der Waals surface area contributed by atoms with Gasteiger partial charge in [0.05, 0.1) is 5.92 Å². The van der Waals surface area contributed by atoms with E-state index in [1.54, 1.807) is 0 Å². The zero-order chi connectivity index (χ0) is 27.7. The van der Waals surface area contributed by atoms with E-state index in [-0.39, 0.29) is 18.4 Å². The number of nitrogens with zero attached hydrogens (tertiary/aromatic N) is 1. The Balaban J connectivity index is 2.13. The Morgan fingerprint density at radius 3 is 1.58 bits per heavy atom. The SMILES string of the molecule is CCCCCCCC/C=C\CCCCCCC[C@@H]1[C@@H](C(=O)O)CC(=O)N1CCCCCCCCCCCC. The highest BCUT2D eigenvalue weighted by molar-refractivity contribution is 5.87. The fourth-order valence-electron chi connectivity index (χ4n) is 5.94. The molecule has 1 N–H and O–H groups in total. The molecule has 0 spiro atoms. The maximum Gasteiger partial charge on any atom is 0.309 e. The molecule has 1 heterocycles. The second kappa shape index (κ2) is 24.7. The summed E-state index contributed by atoms with van der Waals surface area (Å²) in [4.78, 5) is 26.4. The van der Waals surface area contributed by atoms with Crippen LogP contribution in [-0.4, -0.2) is 34.5 Å². The first kappa shape index (κ1) is 34.7. The largest absolute Gasteiger partial charge is 0.481 e. The lowest BCUT2D eigenvalue weighted by Gasteiger charge is -2.27. The first-order valence-corrected chi connectivity index (χ1v) is 16.8. The minimum absolute atomic E-state index is 0.0612. The molecule has 4 heteroatoms. The lowest BCUT2D eigenvalue weighted by molar-refractivity contribution is -0.142. The molecule has 222 valence electrons. The predicted octanol–water partition coefficient (Wildman–Crippen LogP) is 10.2. The Labute approximate surface area is 236 Å². The molecule has 1 fully saturated rings. The zero-order valence-corrected chi connectivity index (χ0v) is 25.4. The van der Waals surface area contributed by atoms with Crippen molar-refractivity contribution in [2.24, 2.45) is 5.92 Å². The van der Waals surface area contributed by atoms with Gasteiger partial charge in [-0.15, -0.1) is 0 Å². The summed E-state index contributed by atoms with van der Waals surface area (Å²) in [6.07, 6.45) is 35.0. The smallest absolute Gasteiger partial charge is 0.309 e. The highest BCUT2D eigenvalue weighted by atomic mass is 16.4. The average Bonchev–Trinajstić information content (AvgIpc) is 3.22. The van der Waals surface area contributed by atoms with Gasteiger partial charge >= 0.3 is 5.97 Å². The number of amides is 1. The topological polar surface area (TPSA) is 57.6 Å². The van der Waals surface area contributed by atoms with E-state index < -0.39 is 11.9 Å². The number of hydrogen-bond acceptors (Lipinski definition) is 2. The van der Waals surface area contributed by atoms with Crippen LogP contribution in [0.2, 0.25) is 0 Å². The van der Waals surface area contributed by atoms with Crippen molar-refractivity contribution in [3.8, 4) is 0 Å². The molecule has 1 amide bonds. The second-order valence-corrected chi connectivity index (χ2v) is 11.9. The molecule has 38 heavy (non-hydrogen) atoms. The summed E-state index contributed by atoms with van der Waals surface area (Å²) in [6, 6.07) is -0.0940. The first-order chi connectivity index (χ1) is 18.6. The van der Waals surface area contributed by atoms with E-state index in [4.69, 9.17) is 0 Å². The summed E-state index contributed by atoms with van der Waals surface area (Å²) >= 11 is 0. The molecule has 1 saturated heterocycles. The number of carboxylic acids is 1. The van der Waals surface area contributed by atoms with Crippen LogP contribution in [0.1, 0.15) is 174 Å². The van der Waals surface area contributed by atoms with Gasteiger partial charge in [0, 0.05) is 19.0 Å². The molecular formula is C34H63NO3. The van der Waals surface area contributed by atoms with Crippen molar-refractivity contribution in [2.75, 3.05) is 6.54 Å². The summed E-state index contributed by atoms with van der Waals surface area (Å²) in [7, 11) is 0. The third-order valence-electron chi connectivity index (χ3n) is 8.41. The van der Waals surface area contributed by atoms with E-state index in [2.05, 4.69) is 26.0 Å². The molecule has 0 aromatic rings. The highest BCUT2D eigenvalue weighted by Crippen LogP contribution is 2.30. The van der Waals surface area contributed by atoms with Crippen LogP contribution in [0.4, 0.5) is 0 Å². The quantitative estimate of drug-likeness (QED) is 0.0844. The fraction of sp³-hybridized carbons (Fsp3) is 0.882. The van der Waals surface area contributed by atoms with Crippen LogP contribution in [-0.2, 0) is 9.59 Å². The van der Waals surface area contributed by atoms with Gasteiger partial charge in [-0.1, -0.05) is 142 Å². The number of rotatable bonds is 27. The van der Waals surface area contributed by atoms with Crippen LogP contribution in [0, 0.1) is 5.92 Å². The summed E-state index contributed by atoms with van der Waals surface area (Å²) in [6.45, 7) is 5.27. The number of carbonyl (C=O) groups excluding carboxylic acids is 1. The van der Waals surface area contributed by atoms with Crippen molar-refractivity contribution < 1.29 is 14.7 Å². The number of allylic oxidation sites excluding steroid dienone is 2. The van der Waals surface area contributed by atoms with Crippen molar-refractivity contribution in [1.29, 1.82) is 0 Å². The van der Waals surface area contributed by atoms with Gasteiger partial charge in [0.2, 0.25) is 5.91 Å². The van der Waals surface area contributed by atoms with E-state index in [0.717, 1.165) is 38.6 Å². The Kier molecular flexibility index (Phi) is 22.6. The first-order valence-electron chi connectivity index (χ1n) is 16.8. The molecular weight excluding hydrogens is 470 g/mol. The molecule has 0 saturated carbocycles. The standard InChI is InChI=1S/C34H63NO3/c1-3-5-7-9-11-13-15-16-17-18-19-20-22-24-26-28-32-31(34(37)38)30-33(36)35(32)29-27-25-23-21-14-12-10-8-6-4-2/h16-17,31-32H,3-15,18-30H2,1-2H3,(H,37,38)/b17-16-/t31-,32+/m0/s1. The summed E-state index contributed by atoms with van der Waals surface area (Å²) in [5.41, 5.74) is 0. The number of carbonyl (C=O) groups is 2. The van der Waals surface area contributed by atoms with Crippen LogP contribution >= 0.6 is 0 Å². The molecule has 1 aliphatic rings. The van der Waals surface area contributed by atoms with Crippen molar-refractivity contribution in [1.82, 2.24) is 4.90 Å². The molecule has 0 radical (unpaired) electrons. The van der Waals surface area contributed by atoms with Gasteiger partial charge < -0.3 is 10.0 Å². The fourth-order valence-corrected chi connectivity index (χ4v) is 5.94. The lowest BCUT2D eigenvalue weighted by Crippen LogP contribution is -2.38. The Hall–Kier alpha value is -1.32. The van der Waals surface area contributed by atoms with E-state index >= 15 is 0 Å². The summed E-state index contributed by atoms with van der Waals surface area (Å²) in [5.74, 6) is -1.24. The minimum Gasteiger partial charge on any atom is -0.481 e. The number of hydrogen-bond donors (Lipinski definition) is 1. The lowest BCUT2D eigenvalue weighted by atomic mass is 9.94. The molecule has 0 unspecified atom stereocenters. The molecule has 0 aromatic heterocycles. The van der Waals surface area contributed by atoms with Gasteiger partial charge in [0.1, 0.15) is 0 Å². The van der Waals surface area contributed by atoms with Crippen molar-refractivity contribution >= 4 is 11.9 Å². The maximum absolute atomic E-state index is 12.6. The third kappa shape index (κ3) is 17.3. The van der Waals surface area contributed by atoms with Gasteiger partial charge in [-0.25, -0.2) is 0 Å². The molecule has 0 bridgehead atoms. The molecule has 0 aromatic carbocycles. The highest BCUT2D eigenvalue weighted by Gasteiger charge is 2.42. The van der Waals surface area contributed by atoms with Crippen LogP contribution in [0.25, 0.3) is 0 Å². The molecule has 4 nitrogen and oxygen atoms in total. The Morgan fingerprint density at radius 1 is 0.684 bits per heavy atom. The van der Waals surface area contributed by atoms with Crippen LogP contribution in [0.3, 0.4) is 0 Å². The monoisotopic (exact) mass is 533 g/mol. The van der Waals surface area contributed by atoms with Gasteiger partial charge in [-0.05, 0) is 38.5 Å². The van der Waals surface area contributed by atoms with Crippen molar-refractivity contribution in [3.63, 3.8) is 0 Å². The summed E-state index contributed by atoms with van der Waals surface area (Å²) < 4.78 is 0. The van der Waals surface area contributed by atoms with E-state index in [0.29, 0.717) is 0 Å². The molecule has 2 atom stereocenters. The number of aliphatic carboxylic acids is 1. The van der Waals surface area contributed by atoms with Crippen LogP contribution < -0.4 is 0 Å². The molecule has 1 aliphatic heterocycles. The number of unbranched alkanes of at least 4 members (excludes halogenated alkanes) is 20. The maximum atomic E-state index is 12.6. The summed E-state index contributed by atoms with van der Waals surface area (Å²) in [5, 5.41) is 9.71. The second-order valence-electron chi connectivity index (χ2n) is 11.9. The van der Waals surface area contributed by atoms with Gasteiger partial charge in [0.15, 0.2) is 0 Å². The van der Waals surface area contributed by atoms with E-state index in [1.165, 1.54) is 122 Å². The minimum atomic E-state index is -0.790. The Bertz CT molecular complexity index is 603. The predicted molar refractivity (Wildman–Crippen MR) is 163 cm³/mol. The molecule has 0 aliphatic carbocycles. The number of carboxylic acid groups (broad SMARTS) is 1. The zero-order valence-electron chi connectivity index (χ0n) is 25.4. The number of likely N-dealkylation sites (tertiary alicyclic amines) is 1. The molecule has 1 rings (SSSR count). The Morgan fingerprint density at radius 2 is 1.11 bits per heavy atom. The van der Waals surface area contributed by atoms with Gasteiger partial charge in [0.25, 0.3) is 0 Å². The van der Waals surface area contributed by atoms with Gasteiger partial charge in [-0.2, -0.15) is 0 Å². The third-order valence-corrected chi connectivity index (χ3v) is 8.41. The van der Waals surface area contributed by atoms with E-state index in [1.807, 2.05) is 4.90 Å². The normalized spacial score (nSPS) is 17.7. The van der Waals surface area contributed by atoms with Crippen LogP contribution in [0.5, 0.6) is 0 Å². The van der Waals surface area contributed by atoms with Crippen LogP contribution in [0.15, 0.2) is 12.2 Å². The van der Waals surface area contributed by atoms with Gasteiger partial charge in [-0.3, -0.25) is 9.59 Å².